The highest BCUT2D eigenvalue weighted by Gasteiger charge is 2.13. The normalized spacial score (nSPS) is 11.1. The Morgan fingerprint density at radius 3 is 2.84 bits per heavy atom. The van der Waals surface area contributed by atoms with Gasteiger partial charge in [-0.25, -0.2) is 4.98 Å². The molecule has 2 heterocycles. The fourth-order valence-corrected chi connectivity index (χ4v) is 3.01. The van der Waals surface area contributed by atoms with Gasteiger partial charge in [0, 0.05) is 5.02 Å². The lowest BCUT2D eigenvalue weighted by Crippen LogP contribution is -2.08. The molecule has 4 aromatic rings. The van der Waals surface area contributed by atoms with Crippen molar-refractivity contribution in [3.8, 4) is 5.75 Å². The second-order valence-electron chi connectivity index (χ2n) is 5.93. The maximum absolute atomic E-state index is 6.18. The Morgan fingerprint density at radius 1 is 1.12 bits per heavy atom. The third kappa shape index (κ3) is 3.39. The van der Waals surface area contributed by atoms with Crippen LogP contribution in [0.5, 0.6) is 5.75 Å². The molecule has 126 valence electrons. The van der Waals surface area contributed by atoms with E-state index in [1.807, 2.05) is 61.5 Å². The number of ether oxygens (including phenoxy) is 1. The third-order valence-electron chi connectivity index (χ3n) is 4.04. The van der Waals surface area contributed by atoms with Crippen molar-refractivity contribution in [1.29, 1.82) is 0 Å². The van der Waals surface area contributed by atoms with E-state index in [2.05, 4.69) is 4.57 Å². The number of aromatic nitrogens is 2. The Kier molecular flexibility index (Phi) is 4.20. The van der Waals surface area contributed by atoms with Gasteiger partial charge in [-0.3, -0.25) is 0 Å². The number of rotatable bonds is 5. The summed E-state index contributed by atoms with van der Waals surface area (Å²) in [6.45, 7) is 2.99. The summed E-state index contributed by atoms with van der Waals surface area (Å²) in [6.07, 6.45) is 1.67. The van der Waals surface area contributed by atoms with E-state index >= 15 is 0 Å². The molecule has 0 aliphatic heterocycles. The van der Waals surface area contributed by atoms with Gasteiger partial charge in [-0.05, 0) is 55.0 Å². The first kappa shape index (κ1) is 15.8. The molecule has 4 rings (SSSR count). The van der Waals surface area contributed by atoms with Gasteiger partial charge in [0.25, 0.3) is 0 Å². The number of hydrogen-bond acceptors (Lipinski definition) is 3. The number of imidazole rings is 1. The van der Waals surface area contributed by atoms with E-state index in [1.165, 1.54) is 0 Å². The molecule has 0 radical (unpaired) electrons. The van der Waals surface area contributed by atoms with Crippen LogP contribution in [0.2, 0.25) is 5.02 Å². The number of nitrogens with zero attached hydrogens (tertiary/aromatic N) is 2. The van der Waals surface area contributed by atoms with E-state index < -0.39 is 0 Å². The van der Waals surface area contributed by atoms with Crippen LogP contribution in [0, 0.1) is 6.92 Å². The van der Waals surface area contributed by atoms with Crippen LogP contribution >= 0.6 is 11.6 Å². The lowest BCUT2D eigenvalue weighted by atomic mass is 10.2. The summed E-state index contributed by atoms with van der Waals surface area (Å²) < 4.78 is 13.5. The van der Waals surface area contributed by atoms with Gasteiger partial charge in [0.15, 0.2) is 0 Å². The molecule has 4 nitrogen and oxygen atoms in total. The Labute approximate surface area is 150 Å². The molecule has 0 saturated heterocycles. The zero-order valence-electron chi connectivity index (χ0n) is 13.8. The first-order valence-corrected chi connectivity index (χ1v) is 8.43. The Hall–Kier alpha value is -2.72. The number of aryl methyl sites for hydroxylation is 1. The zero-order chi connectivity index (χ0) is 17.2. The van der Waals surface area contributed by atoms with Crippen LogP contribution in [0.25, 0.3) is 11.0 Å². The van der Waals surface area contributed by atoms with E-state index in [-0.39, 0.29) is 0 Å². The Balaban J connectivity index is 1.69. The molecule has 0 atom stereocenters. The highest BCUT2D eigenvalue weighted by atomic mass is 35.5. The van der Waals surface area contributed by atoms with Crippen molar-refractivity contribution >= 4 is 22.6 Å². The number of furan rings is 1. The van der Waals surface area contributed by atoms with E-state index in [0.717, 1.165) is 33.9 Å². The summed E-state index contributed by atoms with van der Waals surface area (Å²) in [4.78, 5) is 4.71. The van der Waals surface area contributed by atoms with Gasteiger partial charge in [-0.1, -0.05) is 23.7 Å². The molecule has 0 fully saturated rings. The minimum absolute atomic E-state index is 0.371. The van der Waals surface area contributed by atoms with Gasteiger partial charge < -0.3 is 13.7 Å². The van der Waals surface area contributed by atoms with Crippen molar-refractivity contribution in [2.24, 2.45) is 0 Å². The fourth-order valence-electron chi connectivity index (χ4n) is 2.84. The molecule has 0 spiro atoms. The van der Waals surface area contributed by atoms with Crippen LogP contribution in [-0.4, -0.2) is 9.55 Å². The molecule has 25 heavy (non-hydrogen) atoms. The van der Waals surface area contributed by atoms with Crippen molar-refractivity contribution in [2.75, 3.05) is 0 Å². The van der Waals surface area contributed by atoms with Crippen molar-refractivity contribution in [3.05, 3.63) is 83.0 Å². The zero-order valence-corrected chi connectivity index (χ0v) is 14.5. The molecule has 0 saturated carbocycles. The van der Waals surface area contributed by atoms with Crippen molar-refractivity contribution in [2.45, 2.75) is 20.1 Å². The van der Waals surface area contributed by atoms with E-state index in [1.54, 1.807) is 6.26 Å². The topological polar surface area (TPSA) is 40.2 Å². The van der Waals surface area contributed by atoms with Gasteiger partial charge in [-0.2, -0.15) is 0 Å². The molecule has 0 bridgehead atoms. The maximum atomic E-state index is 6.18. The maximum Gasteiger partial charge on any atom is 0.148 e. The fraction of sp³-hybridized carbons (Fsp3) is 0.150. The standard InChI is InChI=1S/C20H17ClN2O2/c1-14-4-2-5-16(10-14)25-13-20-22-18-8-7-15(21)11-19(18)23(20)12-17-6-3-9-24-17/h2-11H,12-13H2,1H3. The smallest absolute Gasteiger partial charge is 0.148 e. The van der Waals surface area contributed by atoms with Crippen LogP contribution in [-0.2, 0) is 13.2 Å². The van der Waals surface area contributed by atoms with Crippen LogP contribution in [0.4, 0.5) is 0 Å². The summed E-state index contributed by atoms with van der Waals surface area (Å²) >= 11 is 6.18. The van der Waals surface area contributed by atoms with Gasteiger partial charge in [0.05, 0.1) is 23.8 Å². The summed E-state index contributed by atoms with van der Waals surface area (Å²) in [5.41, 5.74) is 3.01. The summed E-state index contributed by atoms with van der Waals surface area (Å²) in [7, 11) is 0. The minimum Gasteiger partial charge on any atom is -0.486 e. The molecule has 0 amide bonds. The molecule has 0 unspecified atom stereocenters. The van der Waals surface area contributed by atoms with E-state index in [9.17, 15) is 0 Å². The second-order valence-corrected chi connectivity index (χ2v) is 6.37. The first-order valence-electron chi connectivity index (χ1n) is 8.05. The number of halogens is 1. The monoisotopic (exact) mass is 352 g/mol. The third-order valence-corrected chi connectivity index (χ3v) is 4.28. The Bertz CT molecular complexity index is 1010. The lowest BCUT2D eigenvalue weighted by molar-refractivity contribution is 0.290. The van der Waals surface area contributed by atoms with E-state index in [4.69, 9.17) is 25.7 Å². The molecular weight excluding hydrogens is 336 g/mol. The highest BCUT2D eigenvalue weighted by Crippen LogP contribution is 2.23. The molecule has 5 heteroatoms. The average Bonchev–Trinajstić information content (AvgIpc) is 3.22. The first-order chi connectivity index (χ1) is 12.2. The molecule has 2 aromatic carbocycles. The van der Waals surface area contributed by atoms with Crippen LogP contribution in [0.1, 0.15) is 17.1 Å². The number of fused-ring (bicyclic) bond motifs is 1. The predicted octanol–water partition coefficient (Wildman–Crippen LogP) is 5.22. The van der Waals surface area contributed by atoms with E-state index in [0.29, 0.717) is 18.2 Å². The summed E-state index contributed by atoms with van der Waals surface area (Å²) in [6, 6.07) is 17.5. The number of benzene rings is 2. The molecular formula is C20H17ClN2O2. The largest absolute Gasteiger partial charge is 0.486 e. The van der Waals surface area contributed by atoms with Crippen LogP contribution < -0.4 is 4.74 Å². The van der Waals surface area contributed by atoms with Gasteiger partial charge in [-0.15, -0.1) is 0 Å². The molecule has 0 aliphatic rings. The molecule has 2 aromatic heterocycles. The van der Waals surface area contributed by atoms with Gasteiger partial charge in [0.1, 0.15) is 23.9 Å². The number of hydrogen-bond donors (Lipinski definition) is 0. The van der Waals surface area contributed by atoms with Gasteiger partial charge >= 0.3 is 0 Å². The molecule has 0 N–H and O–H groups in total. The highest BCUT2D eigenvalue weighted by molar-refractivity contribution is 6.31. The lowest BCUT2D eigenvalue weighted by Gasteiger charge is -2.10. The van der Waals surface area contributed by atoms with Crippen molar-refractivity contribution in [3.63, 3.8) is 0 Å². The summed E-state index contributed by atoms with van der Waals surface area (Å²) in [5.74, 6) is 2.51. The minimum atomic E-state index is 0.371. The second kappa shape index (κ2) is 6.65. The van der Waals surface area contributed by atoms with Crippen LogP contribution in [0.3, 0.4) is 0 Å². The average molecular weight is 353 g/mol. The SMILES string of the molecule is Cc1cccc(OCc2nc3ccc(Cl)cc3n2Cc2ccco2)c1. The predicted molar refractivity (Wildman–Crippen MR) is 98.1 cm³/mol. The van der Waals surface area contributed by atoms with Crippen molar-refractivity contribution in [1.82, 2.24) is 9.55 Å². The quantitative estimate of drug-likeness (QED) is 0.494. The Morgan fingerprint density at radius 2 is 2.04 bits per heavy atom. The summed E-state index contributed by atoms with van der Waals surface area (Å²) in [5, 5.41) is 0.680. The molecule has 0 aliphatic carbocycles. The van der Waals surface area contributed by atoms with Crippen LogP contribution in [0.15, 0.2) is 65.3 Å². The van der Waals surface area contributed by atoms with Crippen molar-refractivity contribution < 1.29 is 9.15 Å². The van der Waals surface area contributed by atoms with Gasteiger partial charge in [0.2, 0.25) is 0 Å².